The number of fused-ring (bicyclic) bond motifs is 2. The number of carbonyl (C=O) groups is 1. The van der Waals surface area contributed by atoms with Crippen LogP contribution in [0, 0.1) is 13.8 Å². The van der Waals surface area contributed by atoms with Gasteiger partial charge in [-0.2, -0.15) is 0 Å². The first-order valence-electron chi connectivity index (χ1n) is 11.9. The quantitative estimate of drug-likeness (QED) is 0.404. The topological polar surface area (TPSA) is 78.8 Å². The Kier molecular flexibility index (Phi) is 6.79. The summed E-state index contributed by atoms with van der Waals surface area (Å²) in [5, 5.41) is 4.05. The van der Waals surface area contributed by atoms with Crippen LogP contribution in [0.15, 0.2) is 30.3 Å². The number of carbonyl (C=O) groups excluding carboxylic acids is 1. The Bertz CT molecular complexity index is 1280. The summed E-state index contributed by atoms with van der Waals surface area (Å²) >= 11 is 0. The highest BCUT2D eigenvalue weighted by molar-refractivity contribution is 5.98. The molecule has 0 saturated carbocycles. The third-order valence-electron chi connectivity index (χ3n) is 6.30. The van der Waals surface area contributed by atoms with E-state index in [2.05, 4.69) is 65.7 Å². The van der Waals surface area contributed by atoms with E-state index in [1.54, 1.807) is 0 Å². The molecule has 3 aromatic heterocycles. The van der Waals surface area contributed by atoms with Gasteiger partial charge < -0.3 is 19.8 Å². The van der Waals surface area contributed by atoms with Gasteiger partial charge in [-0.15, -0.1) is 0 Å². The molecule has 0 bridgehead atoms. The molecule has 0 saturated heterocycles. The molecule has 0 aliphatic rings. The van der Waals surface area contributed by atoms with E-state index in [-0.39, 0.29) is 5.91 Å². The summed E-state index contributed by atoms with van der Waals surface area (Å²) in [6, 6.07) is 10.3. The molecule has 1 amide bonds. The Morgan fingerprint density at radius 2 is 1.88 bits per heavy atom. The fraction of sp³-hybridized carbons (Fsp3) is 0.423. The standard InChI is InChI=1S/C26H34N6O/c1-6-23-30-24-17(4)13-18(5)28-25(24)32(23)16-19-9-10-21-20(14-19)15-22(29-21)26(33)27-11-12-31(7-2)8-3/h9-10,13-15,29H,6-8,11-12,16H2,1-5H3,(H,27,33). The molecule has 0 atom stereocenters. The molecule has 1 aromatic carbocycles. The largest absolute Gasteiger partial charge is 0.351 e. The lowest BCUT2D eigenvalue weighted by Gasteiger charge is -2.17. The first-order valence-corrected chi connectivity index (χ1v) is 11.9. The van der Waals surface area contributed by atoms with Crippen molar-refractivity contribution in [2.45, 2.75) is 47.6 Å². The van der Waals surface area contributed by atoms with Gasteiger partial charge in [0.15, 0.2) is 5.65 Å². The summed E-state index contributed by atoms with van der Waals surface area (Å²) in [6.45, 7) is 14.7. The van der Waals surface area contributed by atoms with E-state index in [9.17, 15) is 4.79 Å². The fourth-order valence-corrected chi connectivity index (χ4v) is 4.43. The highest BCUT2D eigenvalue weighted by Gasteiger charge is 2.15. The number of rotatable bonds is 9. The van der Waals surface area contributed by atoms with Gasteiger partial charge >= 0.3 is 0 Å². The lowest BCUT2D eigenvalue weighted by molar-refractivity contribution is 0.0944. The van der Waals surface area contributed by atoms with Crippen molar-refractivity contribution in [3.05, 3.63) is 58.7 Å². The summed E-state index contributed by atoms with van der Waals surface area (Å²) in [7, 11) is 0. The van der Waals surface area contributed by atoms with E-state index in [1.165, 1.54) is 0 Å². The number of hydrogen-bond donors (Lipinski definition) is 2. The van der Waals surface area contributed by atoms with E-state index < -0.39 is 0 Å². The van der Waals surface area contributed by atoms with Crippen molar-refractivity contribution in [1.29, 1.82) is 0 Å². The van der Waals surface area contributed by atoms with E-state index in [4.69, 9.17) is 9.97 Å². The number of aryl methyl sites for hydroxylation is 3. The molecule has 174 valence electrons. The number of hydrogen-bond acceptors (Lipinski definition) is 4. The predicted molar refractivity (Wildman–Crippen MR) is 134 cm³/mol. The van der Waals surface area contributed by atoms with Crippen LogP contribution in [0.5, 0.6) is 0 Å². The Hall–Kier alpha value is -3.19. The molecule has 7 heteroatoms. The molecule has 7 nitrogen and oxygen atoms in total. The molecule has 0 aliphatic heterocycles. The zero-order valence-electron chi connectivity index (χ0n) is 20.3. The first kappa shape index (κ1) is 23.0. The number of benzene rings is 1. The van der Waals surface area contributed by atoms with E-state index in [0.29, 0.717) is 18.8 Å². The van der Waals surface area contributed by atoms with Gasteiger partial charge in [0.1, 0.15) is 17.0 Å². The Balaban J connectivity index is 1.55. The third-order valence-corrected chi connectivity index (χ3v) is 6.30. The van der Waals surface area contributed by atoms with Crippen molar-refractivity contribution in [2.75, 3.05) is 26.2 Å². The van der Waals surface area contributed by atoms with Crippen LogP contribution in [-0.2, 0) is 13.0 Å². The molecular formula is C26H34N6O. The van der Waals surface area contributed by atoms with E-state index in [1.807, 2.05) is 19.1 Å². The maximum absolute atomic E-state index is 12.6. The predicted octanol–water partition coefficient (Wildman–Crippen LogP) is 4.21. The Morgan fingerprint density at radius 1 is 1.09 bits per heavy atom. The van der Waals surface area contributed by atoms with Crippen molar-refractivity contribution in [3.8, 4) is 0 Å². The van der Waals surface area contributed by atoms with Gasteiger partial charge in [-0.05, 0) is 62.3 Å². The van der Waals surface area contributed by atoms with Crippen LogP contribution in [0.4, 0.5) is 0 Å². The molecule has 0 fully saturated rings. The number of nitrogens with one attached hydrogen (secondary N) is 2. The molecule has 0 unspecified atom stereocenters. The van der Waals surface area contributed by atoms with Crippen LogP contribution in [0.2, 0.25) is 0 Å². The average Bonchev–Trinajstić information content (AvgIpc) is 3.38. The van der Waals surface area contributed by atoms with E-state index >= 15 is 0 Å². The minimum Gasteiger partial charge on any atom is -0.351 e. The van der Waals surface area contributed by atoms with Gasteiger partial charge in [0.25, 0.3) is 5.91 Å². The van der Waals surface area contributed by atoms with Gasteiger partial charge in [0.2, 0.25) is 0 Å². The summed E-state index contributed by atoms with van der Waals surface area (Å²) < 4.78 is 2.21. The molecule has 3 heterocycles. The maximum atomic E-state index is 12.6. The van der Waals surface area contributed by atoms with Crippen LogP contribution in [-0.4, -0.2) is 56.5 Å². The zero-order chi connectivity index (χ0) is 23.5. The van der Waals surface area contributed by atoms with Crippen molar-refractivity contribution in [2.24, 2.45) is 0 Å². The molecule has 4 aromatic rings. The van der Waals surface area contributed by atoms with Crippen molar-refractivity contribution in [1.82, 2.24) is 29.7 Å². The third kappa shape index (κ3) is 4.78. The smallest absolute Gasteiger partial charge is 0.267 e. The van der Waals surface area contributed by atoms with Gasteiger partial charge in [0.05, 0.1) is 6.54 Å². The number of aromatic nitrogens is 4. The lowest BCUT2D eigenvalue weighted by Crippen LogP contribution is -2.34. The normalized spacial score (nSPS) is 11.7. The number of aromatic amines is 1. The molecular weight excluding hydrogens is 412 g/mol. The minimum atomic E-state index is -0.0658. The SMILES string of the molecule is CCc1nc2c(C)cc(C)nc2n1Cc1ccc2[nH]c(C(=O)NCCN(CC)CC)cc2c1. The second kappa shape index (κ2) is 9.75. The van der Waals surface area contributed by atoms with Gasteiger partial charge in [-0.1, -0.05) is 26.8 Å². The van der Waals surface area contributed by atoms with Crippen LogP contribution in [0.1, 0.15) is 53.9 Å². The van der Waals surface area contributed by atoms with Crippen LogP contribution in [0.25, 0.3) is 22.1 Å². The van der Waals surface area contributed by atoms with E-state index in [0.717, 1.165) is 70.8 Å². The molecule has 4 rings (SSSR count). The molecule has 0 spiro atoms. The molecule has 0 aliphatic carbocycles. The highest BCUT2D eigenvalue weighted by atomic mass is 16.1. The Labute approximate surface area is 195 Å². The minimum absolute atomic E-state index is 0.0658. The van der Waals surface area contributed by atoms with Crippen LogP contribution >= 0.6 is 0 Å². The number of likely N-dealkylation sites (N-methyl/N-ethyl adjacent to an activating group) is 1. The molecule has 0 radical (unpaired) electrons. The maximum Gasteiger partial charge on any atom is 0.267 e. The Morgan fingerprint density at radius 3 is 2.61 bits per heavy atom. The lowest BCUT2D eigenvalue weighted by atomic mass is 10.1. The average molecular weight is 447 g/mol. The van der Waals surface area contributed by atoms with Crippen molar-refractivity contribution >= 4 is 28.0 Å². The summed E-state index contributed by atoms with van der Waals surface area (Å²) in [5.41, 5.74) is 6.78. The second-order valence-electron chi connectivity index (χ2n) is 8.61. The molecule has 2 N–H and O–H groups in total. The molecule has 33 heavy (non-hydrogen) atoms. The van der Waals surface area contributed by atoms with Gasteiger partial charge in [-0.25, -0.2) is 9.97 Å². The van der Waals surface area contributed by atoms with Crippen LogP contribution in [0.3, 0.4) is 0 Å². The van der Waals surface area contributed by atoms with Crippen molar-refractivity contribution in [3.63, 3.8) is 0 Å². The number of amides is 1. The number of H-pyrrole nitrogens is 1. The number of nitrogens with zero attached hydrogens (tertiary/aromatic N) is 4. The summed E-state index contributed by atoms with van der Waals surface area (Å²) in [5.74, 6) is 0.970. The summed E-state index contributed by atoms with van der Waals surface area (Å²) in [6.07, 6.45) is 0.846. The van der Waals surface area contributed by atoms with Gasteiger partial charge in [-0.3, -0.25) is 4.79 Å². The first-order chi connectivity index (χ1) is 15.9. The monoisotopic (exact) mass is 446 g/mol. The summed E-state index contributed by atoms with van der Waals surface area (Å²) in [4.78, 5) is 27.8. The highest BCUT2D eigenvalue weighted by Crippen LogP contribution is 2.23. The fourth-order valence-electron chi connectivity index (χ4n) is 4.43. The van der Waals surface area contributed by atoms with Crippen LogP contribution < -0.4 is 5.32 Å². The number of pyridine rings is 1. The van der Waals surface area contributed by atoms with Gasteiger partial charge in [0, 0.05) is 36.1 Å². The zero-order valence-corrected chi connectivity index (χ0v) is 20.3. The second-order valence-corrected chi connectivity index (χ2v) is 8.61. The van der Waals surface area contributed by atoms with Crippen molar-refractivity contribution < 1.29 is 4.79 Å². The number of imidazole rings is 1.